The summed E-state index contributed by atoms with van der Waals surface area (Å²) in [6.45, 7) is 2.21. The minimum absolute atomic E-state index is 0.294. The Bertz CT molecular complexity index is 580. The normalized spacial score (nSPS) is 10.3. The number of nitrogens with two attached hydrogens (primary N) is 2. The number of nitrogen functional groups attached to an aromatic ring is 1. The summed E-state index contributed by atoms with van der Waals surface area (Å²) in [5, 5.41) is 2.78. The number of amides is 1. The van der Waals surface area contributed by atoms with E-state index in [1.54, 1.807) is 18.2 Å². The van der Waals surface area contributed by atoms with Crippen LogP contribution in [-0.2, 0) is 6.61 Å². The molecule has 0 fully saturated rings. The maximum absolute atomic E-state index is 11.2. The summed E-state index contributed by atoms with van der Waals surface area (Å²) in [5.74, 6) is -0.157. The molecule has 0 atom stereocenters. The van der Waals surface area contributed by atoms with E-state index >= 15 is 0 Å². The lowest BCUT2D eigenvalue weighted by Gasteiger charge is -2.08. The van der Waals surface area contributed by atoms with Crippen molar-refractivity contribution in [3.63, 3.8) is 0 Å². The number of aromatic nitrogens is 1. The molecule has 4 N–H and O–H groups in total. The molecule has 1 heterocycles. The van der Waals surface area contributed by atoms with Crippen LogP contribution in [0.2, 0.25) is 0 Å². The Morgan fingerprint density at radius 1 is 1.50 bits per heavy atom. The van der Waals surface area contributed by atoms with Crippen LogP contribution in [0.1, 0.15) is 21.1 Å². The average Bonchev–Trinajstić information content (AvgIpc) is 2.72. The van der Waals surface area contributed by atoms with Crippen molar-refractivity contribution in [1.29, 1.82) is 0 Å². The van der Waals surface area contributed by atoms with Crippen LogP contribution in [0.15, 0.2) is 23.6 Å². The van der Waals surface area contributed by atoms with Gasteiger partial charge in [0.15, 0.2) is 0 Å². The van der Waals surface area contributed by atoms with E-state index in [0.717, 1.165) is 10.7 Å². The number of anilines is 1. The first-order chi connectivity index (χ1) is 8.56. The molecule has 0 aliphatic rings. The van der Waals surface area contributed by atoms with Crippen molar-refractivity contribution in [3.8, 4) is 5.75 Å². The number of ether oxygens (including phenoxy) is 1. The molecule has 0 aliphatic carbocycles. The van der Waals surface area contributed by atoms with Crippen LogP contribution in [-0.4, -0.2) is 10.9 Å². The Labute approximate surface area is 108 Å². The van der Waals surface area contributed by atoms with E-state index in [0.29, 0.717) is 23.6 Å². The third kappa shape index (κ3) is 2.78. The summed E-state index contributed by atoms with van der Waals surface area (Å²) >= 11 is 1.50. The highest BCUT2D eigenvalue weighted by molar-refractivity contribution is 7.09. The molecule has 0 bridgehead atoms. The zero-order chi connectivity index (χ0) is 13.1. The molecule has 0 saturated carbocycles. The van der Waals surface area contributed by atoms with Gasteiger partial charge in [-0.3, -0.25) is 4.79 Å². The molecule has 0 spiro atoms. The highest BCUT2D eigenvalue weighted by atomic mass is 32.1. The molecule has 0 radical (unpaired) electrons. The minimum Gasteiger partial charge on any atom is -0.486 e. The molecule has 0 unspecified atom stereocenters. The largest absolute Gasteiger partial charge is 0.486 e. The molecule has 94 valence electrons. The van der Waals surface area contributed by atoms with Gasteiger partial charge in [0.2, 0.25) is 0 Å². The van der Waals surface area contributed by atoms with E-state index < -0.39 is 5.91 Å². The third-order valence-corrected chi connectivity index (χ3v) is 3.23. The first kappa shape index (κ1) is 12.4. The lowest BCUT2D eigenvalue weighted by atomic mass is 10.2. The quantitative estimate of drug-likeness (QED) is 0.821. The number of carbonyl (C=O) groups is 1. The molecule has 18 heavy (non-hydrogen) atoms. The van der Waals surface area contributed by atoms with Crippen LogP contribution in [0.4, 0.5) is 5.69 Å². The van der Waals surface area contributed by atoms with Crippen molar-refractivity contribution in [2.75, 3.05) is 5.73 Å². The van der Waals surface area contributed by atoms with Crippen molar-refractivity contribution >= 4 is 22.9 Å². The number of rotatable bonds is 4. The van der Waals surface area contributed by atoms with Crippen molar-refractivity contribution in [3.05, 3.63) is 39.8 Å². The Morgan fingerprint density at radius 2 is 2.28 bits per heavy atom. The fourth-order valence-corrected chi connectivity index (χ4v) is 2.15. The highest BCUT2D eigenvalue weighted by Crippen LogP contribution is 2.23. The maximum Gasteiger partial charge on any atom is 0.252 e. The van der Waals surface area contributed by atoms with E-state index in [2.05, 4.69) is 4.98 Å². The number of hydrogen-bond donors (Lipinski definition) is 2. The minimum atomic E-state index is -0.541. The van der Waals surface area contributed by atoms with Crippen LogP contribution in [0.3, 0.4) is 0 Å². The summed E-state index contributed by atoms with van der Waals surface area (Å²) in [6.07, 6.45) is 0. The molecule has 2 aromatic rings. The molecule has 0 saturated heterocycles. The van der Waals surface area contributed by atoms with Crippen LogP contribution in [0.5, 0.6) is 5.75 Å². The van der Waals surface area contributed by atoms with Gasteiger partial charge in [-0.05, 0) is 19.1 Å². The molecule has 5 nitrogen and oxygen atoms in total. The second-order valence-electron chi connectivity index (χ2n) is 3.79. The van der Waals surface area contributed by atoms with E-state index in [4.69, 9.17) is 16.2 Å². The van der Waals surface area contributed by atoms with Gasteiger partial charge in [-0.2, -0.15) is 0 Å². The lowest BCUT2D eigenvalue weighted by molar-refractivity contribution is 0.0996. The van der Waals surface area contributed by atoms with Crippen LogP contribution in [0, 0.1) is 6.92 Å². The maximum atomic E-state index is 11.2. The van der Waals surface area contributed by atoms with Gasteiger partial charge in [-0.15, -0.1) is 11.3 Å². The highest BCUT2D eigenvalue weighted by Gasteiger charge is 2.10. The van der Waals surface area contributed by atoms with Gasteiger partial charge in [0.1, 0.15) is 17.4 Å². The van der Waals surface area contributed by atoms with Gasteiger partial charge >= 0.3 is 0 Å². The topological polar surface area (TPSA) is 91.2 Å². The second kappa shape index (κ2) is 5.05. The monoisotopic (exact) mass is 263 g/mol. The summed E-state index contributed by atoms with van der Waals surface area (Å²) in [5.41, 5.74) is 12.7. The van der Waals surface area contributed by atoms with Gasteiger partial charge in [-0.25, -0.2) is 4.98 Å². The van der Waals surface area contributed by atoms with Gasteiger partial charge in [-0.1, -0.05) is 0 Å². The standard InChI is InChI=1S/C12H13N3O2S/c1-7-6-18-11(15-7)5-17-10-4-8(13)2-3-9(10)12(14)16/h2-4,6H,5,13H2,1H3,(H2,14,16). The molecule has 2 rings (SSSR count). The van der Waals surface area contributed by atoms with Gasteiger partial charge in [0.25, 0.3) is 5.91 Å². The third-order valence-electron chi connectivity index (χ3n) is 2.29. The fourth-order valence-electron chi connectivity index (χ4n) is 1.47. The average molecular weight is 263 g/mol. The molecule has 0 aliphatic heterocycles. The number of primary amides is 1. The summed E-state index contributed by atoms with van der Waals surface area (Å²) in [7, 11) is 0. The Balaban J connectivity index is 2.17. The molecular weight excluding hydrogens is 250 g/mol. The first-order valence-corrected chi connectivity index (χ1v) is 6.17. The number of hydrogen-bond acceptors (Lipinski definition) is 5. The van der Waals surface area contributed by atoms with Crippen LogP contribution in [0.25, 0.3) is 0 Å². The Hall–Kier alpha value is -2.08. The number of aryl methyl sites for hydroxylation is 1. The lowest BCUT2D eigenvalue weighted by Crippen LogP contribution is -2.13. The van der Waals surface area contributed by atoms with Crippen molar-refractivity contribution in [1.82, 2.24) is 4.98 Å². The molecule has 6 heteroatoms. The van der Waals surface area contributed by atoms with E-state index in [1.165, 1.54) is 11.3 Å². The number of nitrogens with zero attached hydrogens (tertiary/aromatic N) is 1. The first-order valence-electron chi connectivity index (χ1n) is 5.29. The van der Waals surface area contributed by atoms with Crippen LogP contribution < -0.4 is 16.2 Å². The predicted octanol–water partition coefficient (Wildman–Crippen LogP) is 1.71. The molecule has 1 aromatic carbocycles. The second-order valence-corrected chi connectivity index (χ2v) is 4.73. The molecule has 1 aromatic heterocycles. The number of carbonyl (C=O) groups excluding carboxylic acids is 1. The van der Waals surface area contributed by atoms with E-state index in [9.17, 15) is 4.79 Å². The summed E-state index contributed by atoms with van der Waals surface area (Å²) in [6, 6.07) is 4.75. The Morgan fingerprint density at radius 3 is 2.89 bits per heavy atom. The smallest absolute Gasteiger partial charge is 0.252 e. The van der Waals surface area contributed by atoms with Crippen molar-refractivity contribution < 1.29 is 9.53 Å². The van der Waals surface area contributed by atoms with Gasteiger partial charge in [0.05, 0.1) is 5.56 Å². The zero-order valence-electron chi connectivity index (χ0n) is 9.84. The van der Waals surface area contributed by atoms with Crippen molar-refractivity contribution in [2.24, 2.45) is 5.73 Å². The molecule has 1 amide bonds. The number of benzene rings is 1. The van der Waals surface area contributed by atoms with E-state index in [-0.39, 0.29) is 0 Å². The summed E-state index contributed by atoms with van der Waals surface area (Å²) < 4.78 is 5.55. The van der Waals surface area contributed by atoms with Crippen molar-refractivity contribution in [2.45, 2.75) is 13.5 Å². The Kier molecular flexibility index (Phi) is 3.47. The fraction of sp³-hybridized carbons (Fsp3) is 0.167. The van der Waals surface area contributed by atoms with Gasteiger partial charge in [0, 0.05) is 22.8 Å². The number of thiazole rings is 1. The molecular formula is C12H13N3O2S. The van der Waals surface area contributed by atoms with Crippen LogP contribution >= 0.6 is 11.3 Å². The SMILES string of the molecule is Cc1csc(COc2cc(N)ccc2C(N)=O)n1. The van der Waals surface area contributed by atoms with Gasteiger partial charge < -0.3 is 16.2 Å². The predicted molar refractivity (Wildman–Crippen MR) is 70.6 cm³/mol. The summed E-state index contributed by atoms with van der Waals surface area (Å²) in [4.78, 5) is 15.5. The zero-order valence-corrected chi connectivity index (χ0v) is 10.7. The van der Waals surface area contributed by atoms with E-state index in [1.807, 2.05) is 12.3 Å².